The molecule has 6 nitrogen and oxygen atoms in total. The number of hydrogen-bond acceptors (Lipinski definition) is 4. The molecule has 1 fully saturated rings. The van der Waals surface area contributed by atoms with E-state index in [2.05, 4.69) is 23.7 Å². The van der Waals surface area contributed by atoms with Crippen LogP contribution in [0, 0.1) is 23.7 Å². The van der Waals surface area contributed by atoms with Crippen molar-refractivity contribution < 1.29 is 19.1 Å². The third-order valence-corrected chi connectivity index (χ3v) is 3.47. The summed E-state index contributed by atoms with van der Waals surface area (Å²) in [5.74, 6) is 8.58. The SMILES string of the molecule is CCOC(=O)N1CCN(C(=O)C#CC(=O)C#Cc2ccccc2)CC1. The van der Waals surface area contributed by atoms with E-state index < -0.39 is 11.7 Å². The highest BCUT2D eigenvalue weighted by atomic mass is 16.6. The summed E-state index contributed by atoms with van der Waals surface area (Å²) in [6.45, 7) is 3.54. The molecule has 1 heterocycles. The number of benzene rings is 1. The van der Waals surface area contributed by atoms with Gasteiger partial charge in [-0.3, -0.25) is 9.59 Å². The fourth-order valence-corrected chi connectivity index (χ4v) is 2.18. The molecule has 1 saturated heterocycles. The fraction of sp³-hybridized carbons (Fsp3) is 0.316. The smallest absolute Gasteiger partial charge is 0.409 e. The Morgan fingerprint density at radius 1 is 0.960 bits per heavy atom. The number of Topliss-reactive ketones (excluding diaryl/α,β-unsaturated/α-hetero) is 1. The molecule has 0 spiro atoms. The first kappa shape index (κ1) is 18.1. The van der Waals surface area contributed by atoms with Gasteiger partial charge in [0.05, 0.1) is 6.61 Å². The van der Waals surface area contributed by atoms with E-state index in [9.17, 15) is 14.4 Å². The Labute approximate surface area is 146 Å². The maximum Gasteiger partial charge on any atom is 0.409 e. The molecule has 0 saturated carbocycles. The van der Waals surface area contributed by atoms with Crippen molar-refractivity contribution in [2.24, 2.45) is 0 Å². The second-order valence-corrected chi connectivity index (χ2v) is 5.17. The third kappa shape index (κ3) is 5.71. The summed E-state index contributed by atoms with van der Waals surface area (Å²) in [4.78, 5) is 38.3. The fourth-order valence-electron chi connectivity index (χ4n) is 2.18. The molecule has 0 aliphatic carbocycles. The predicted octanol–water partition coefficient (Wildman–Crippen LogP) is 0.911. The molecule has 128 valence electrons. The number of ketones is 1. The molecule has 1 aliphatic heterocycles. The number of amides is 2. The third-order valence-electron chi connectivity index (χ3n) is 3.47. The van der Waals surface area contributed by atoms with Crippen LogP contribution in [0.5, 0.6) is 0 Å². The lowest BCUT2D eigenvalue weighted by atomic mass is 10.2. The van der Waals surface area contributed by atoms with Gasteiger partial charge in [0.1, 0.15) is 0 Å². The van der Waals surface area contributed by atoms with Crippen LogP contribution in [0.4, 0.5) is 4.79 Å². The van der Waals surface area contributed by atoms with E-state index in [-0.39, 0.29) is 6.09 Å². The molecule has 0 radical (unpaired) electrons. The molecule has 0 unspecified atom stereocenters. The zero-order chi connectivity index (χ0) is 18.1. The highest BCUT2D eigenvalue weighted by Gasteiger charge is 2.23. The molecular weight excluding hydrogens is 320 g/mol. The molecule has 2 rings (SSSR count). The lowest BCUT2D eigenvalue weighted by molar-refractivity contribution is -0.126. The van der Waals surface area contributed by atoms with Crippen molar-refractivity contribution in [1.82, 2.24) is 9.80 Å². The summed E-state index contributed by atoms with van der Waals surface area (Å²) in [5.41, 5.74) is 0.707. The average molecular weight is 338 g/mol. The lowest BCUT2D eigenvalue weighted by Crippen LogP contribution is -2.50. The highest BCUT2D eigenvalue weighted by molar-refractivity contribution is 6.12. The molecule has 0 aromatic heterocycles. The van der Waals surface area contributed by atoms with Crippen LogP contribution in [0.25, 0.3) is 0 Å². The van der Waals surface area contributed by atoms with Crippen molar-refractivity contribution in [2.75, 3.05) is 32.8 Å². The van der Waals surface area contributed by atoms with Crippen LogP contribution < -0.4 is 0 Å². The summed E-state index contributed by atoms with van der Waals surface area (Å²) in [7, 11) is 0. The lowest BCUT2D eigenvalue weighted by Gasteiger charge is -2.32. The Morgan fingerprint density at radius 3 is 2.24 bits per heavy atom. The minimum Gasteiger partial charge on any atom is -0.450 e. The molecular formula is C19H18N2O4. The van der Waals surface area contributed by atoms with Crippen molar-refractivity contribution in [3.8, 4) is 23.7 Å². The molecule has 2 amide bonds. The van der Waals surface area contributed by atoms with Crippen molar-refractivity contribution in [3.63, 3.8) is 0 Å². The van der Waals surface area contributed by atoms with Gasteiger partial charge in [-0.2, -0.15) is 0 Å². The monoisotopic (exact) mass is 338 g/mol. The zero-order valence-corrected chi connectivity index (χ0v) is 13.9. The van der Waals surface area contributed by atoms with Gasteiger partial charge in [-0.25, -0.2) is 4.79 Å². The number of nitrogens with zero attached hydrogens (tertiary/aromatic N) is 2. The van der Waals surface area contributed by atoms with Crippen molar-refractivity contribution in [3.05, 3.63) is 35.9 Å². The van der Waals surface area contributed by atoms with Gasteiger partial charge in [0, 0.05) is 37.7 Å². The quantitative estimate of drug-likeness (QED) is 0.564. The van der Waals surface area contributed by atoms with Crippen molar-refractivity contribution in [1.29, 1.82) is 0 Å². The summed E-state index contributed by atoms with van der Waals surface area (Å²) in [6, 6.07) is 9.05. The summed E-state index contributed by atoms with van der Waals surface area (Å²) in [6.07, 6.45) is -0.382. The largest absolute Gasteiger partial charge is 0.450 e. The van der Waals surface area contributed by atoms with Gasteiger partial charge in [-0.1, -0.05) is 24.1 Å². The number of piperazine rings is 1. The first-order valence-corrected chi connectivity index (χ1v) is 7.94. The normalized spacial score (nSPS) is 13.0. The van der Waals surface area contributed by atoms with Crippen LogP contribution in [0.1, 0.15) is 12.5 Å². The molecule has 0 atom stereocenters. The van der Waals surface area contributed by atoms with E-state index in [0.717, 1.165) is 0 Å². The highest BCUT2D eigenvalue weighted by Crippen LogP contribution is 2.04. The average Bonchev–Trinajstić information content (AvgIpc) is 2.65. The van der Waals surface area contributed by atoms with Gasteiger partial charge >= 0.3 is 6.09 Å². The Bertz CT molecular complexity index is 757. The van der Waals surface area contributed by atoms with Crippen LogP contribution in [-0.2, 0) is 14.3 Å². The Morgan fingerprint density at radius 2 is 1.60 bits per heavy atom. The van der Waals surface area contributed by atoms with E-state index in [1.165, 1.54) is 9.80 Å². The van der Waals surface area contributed by atoms with E-state index >= 15 is 0 Å². The van der Waals surface area contributed by atoms with Gasteiger partial charge in [-0.05, 0) is 30.9 Å². The predicted molar refractivity (Wildman–Crippen MR) is 91.3 cm³/mol. The van der Waals surface area contributed by atoms with E-state index in [0.29, 0.717) is 38.3 Å². The van der Waals surface area contributed by atoms with Crippen LogP contribution in [0.2, 0.25) is 0 Å². The second-order valence-electron chi connectivity index (χ2n) is 5.17. The Hall–Kier alpha value is -3.25. The van der Waals surface area contributed by atoms with Crippen molar-refractivity contribution >= 4 is 17.8 Å². The number of rotatable bonds is 1. The molecule has 6 heteroatoms. The number of carbonyl (C=O) groups is 3. The maximum atomic E-state index is 12.0. The number of ether oxygens (including phenoxy) is 1. The van der Waals surface area contributed by atoms with Gasteiger partial charge < -0.3 is 14.5 Å². The molecule has 25 heavy (non-hydrogen) atoms. The molecule has 0 N–H and O–H groups in total. The zero-order valence-electron chi connectivity index (χ0n) is 13.9. The van der Waals surface area contributed by atoms with Crippen LogP contribution in [0.3, 0.4) is 0 Å². The van der Waals surface area contributed by atoms with E-state index in [1.807, 2.05) is 18.2 Å². The minimum absolute atomic E-state index is 0.315. The molecule has 0 bridgehead atoms. The summed E-state index contributed by atoms with van der Waals surface area (Å²) in [5, 5.41) is 0. The van der Waals surface area contributed by atoms with Crippen molar-refractivity contribution in [2.45, 2.75) is 6.92 Å². The van der Waals surface area contributed by atoms with Crippen LogP contribution in [-0.4, -0.2) is 60.4 Å². The number of hydrogen-bond donors (Lipinski definition) is 0. The summed E-state index contributed by atoms with van der Waals surface area (Å²) < 4.78 is 4.92. The first-order chi connectivity index (χ1) is 12.1. The van der Waals surface area contributed by atoms with Gasteiger partial charge in [0.25, 0.3) is 11.7 Å². The maximum absolute atomic E-state index is 12.0. The molecule has 1 aromatic carbocycles. The minimum atomic E-state index is -0.609. The topological polar surface area (TPSA) is 66.9 Å². The first-order valence-electron chi connectivity index (χ1n) is 7.94. The van der Waals surface area contributed by atoms with Gasteiger partial charge in [-0.15, -0.1) is 0 Å². The number of carbonyl (C=O) groups excluding carboxylic acids is 3. The van der Waals surface area contributed by atoms with E-state index in [4.69, 9.17) is 4.74 Å². The molecule has 1 aliphatic rings. The van der Waals surface area contributed by atoms with Crippen LogP contribution >= 0.6 is 0 Å². The standard InChI is InChI=1S/C19H18N2O4/c1-2-25-19(24)21-14-12-20(13-15-21)18(23)11-10-17(22)9-8-16-6-4-3-5-7-16/h3-7H,2,12-15H2,1H3. The molecule has 1 aromatic rings. The van der Waals surface area contributed by atoms with Gasteiger partial charge in [0.15, 0.2) is 0 Å². The second kappa shape index (κ2) is 9.14. The Kier molecular flexibility index (Phi) is 6.62. The summed E-state index contributed by atoms with van der Waals surface area (Å²) >= 11 is 0. The van der Waals surface area contributed by atoms with Gasteiger partial charge in [0.2, 0.25) is 0 Å². The Balaban J connectivity index is 1.85. The van der Waals surface area contributed by atoms with Crippen LogP contribution in [0.15, 0.2) is 30.3 Å². The van der Waals surface area contributed by atoms with E-state index in [1.54, 1.807) is 19.1 Å².